The van der Waals surface area contributed by atoms with E-state index < -0.39 is 12.2 Å². The molecule has 1 aromatic carbocycles. The molecule has 2 fully saturated rings. The second-order valence-corrected chi connectivity index (χ2v) is 7.92. The summed E-state index contributed by atoms with van der Waals surface area (Å²) in [7, 11) is 1.76. The summed E-state index contributed by atoms with van der Waals surface area (Å²) < 4.78 is 0. The Kier molecular flexibility index (Phi) is 5.00. The summed E-state index contributed by atoms with van der Waals surface area (Å²) in [4.78, 5) is 38.1. The molecule has 28 heavy (non-hydrogen) atoms. The fraction of sp³-hybridized carbons (Fsp3) is 0.571. The number of amides is 3. The van der Waals surface area contributed by atoms with Crippen molar-refractivity contribution in [1.82, 2.24) is 14.7 Å². The number of benzene rings is 1. The van der Waals surface area contributed by atoms with Gasteiger partial charge in [-0.3, -0.25) is 9.69 Å². The minimum Gasteiger partial charge on any atom is -0.325 e. The maximum Gasteiger partial charge on any atom is 0.328 e. The van der Waals surface area contributed by atoms with Crippen LogP contribution in [0.25, 0.3) is 0 Å². The van der Waals surface area contributed by atoms with Crippen molar-refractivity contribution in [3.8, 4) is 0 Å². The number of anilines is 1. The maximum atomic E-state index is 13.2. The number of aryl methyl sites for hydroxylation is 1. The van der Waals surface area contributed by atoms with E-state index in [1.54, 1.807) is 11.9 Å². The van der Waals surface area contributed by atoms with E-state index in [2.05, 4.69) is 41.8 Å². The molecule has 0 aromatic heterocycles. The molecule has 0 aliphatic carbocycles. The summed E-state index contributed by atoms with van der Waals surface area (Å²) in [6, 6.07) is 7.67. The highest BCUT2D eigenvalue weighted by Crippen LogP contribution is 2.33. The summed E-state index contributed by atoms with van der Waals surface area (Å²) in [6.45, 7) is 6.26. The van der Waals surface area contributed by atoms with Crippen LogP contribution in [0.3, 0.4) is 0 Å². The number of guanidine groups is 1. The van der Waals surface area contributed by atoms with Gasteiger partial charge in [-0.25, -0.2) is 9.79 Å². The van der Waals surface area contributed by atoms with Gasteiger partial charge < -0.3 is 14.7 Å². The van der Waals surface area contributed by atoms with Crippen LogP contribution in [0.15, 0.2) is 29.3 Å². The molecule has 7 nitrogen and oxygen atoms in total. The van der Waals surface area contributed by atoms with Crippen LogP contribution < -0.4 is 4.90 Å². The number of imide groups is 1. The van der Waals surface area contributed by atoms with E-state index in [0.717, 1.165) is 50.4 Å². The second kappa shape index (κ2) is 7.45. The van der Waals surface area contributed by atoms with Crippen molar-refractivity contribution in [2.75, 3.05) is 31.6 Å². The zero-order chi connectivity index (χ0) is 19.8. The van der Waals surface area contributed by atoms with E-state index in [1.807, 2.05) is 6.07 Å². The van der Waals surface area contributed by atoms with Crippen molar-refractivity contribution in [1.29, 1.82) is 0 Å². The topological polar surface area (TPSA) is 59.5 Å². The number of rotatable bonds is 6. The first-order valence-electron chi connectivity index (χ1n) is 10.3. The number of carbonyl (C=O) groups is 2. The van der Waals surface area contributed by atoms with Crippen LogP contribution in [0, 0.1) is 6.92 Å². The van der Waals surface area contributed by atoms with Gasteiger partial charge in [-0.2, -0.15) is 0 Å². The number of carbonyl (C=O) groups excluding carboxylic acids is 2. The second-order valence-electron chi connectivity index (χ2n) is 7.92. The summed E-state index contributed by atoms with van der Waals surface area (Å²) >= 11 is 0. The molecule has 150 valence electrons. The molecule has 2 saturated heterocycles. The van der Waals surface area contributed by atoms with Crippen LogP contribution in [0.4, 0.5) is 10.5 Å². The van der Waals surface area contributed by atoms with Crippen molar-refractivity contribution < 1.29 is 9.59 Å². The van der Waals surface area contributed by atoms with Crippen molar-refractivity contribution in [2.45, 2.75) is 51.7 Å². The van der Waals surface area contributed by atoms with Crippen LogP contribution in [0.2, 0.25) is 0 Å². The monoisotopic (exact) mass is 383 g/mol. The van der Waals surface area contributed by atoms with E-state index in [4.69, 9.17) is 4.99 Å². The average Bonchev–Trinajstić information content (AvgIpc) is 3.25. The molecule has 0 spiro atoms. The van der Waals surface area contributed by atoms with Gasteiger partial charge in [0.25, 0.3) is 5.91 Å². The van der Waals surface area contributed by atoms with Crippen molar-refractivity contribution in [2.24, 2.45) is 4.99 Å². The Morgan fingerprint density at radius 3 is 2.71 bits per heavy atom. The quantitative estimate of drug-likeness (QED) is 0.709. The van der Waals surface area contributed by atoms with E-state index in [1.165, 1.54) is 10.5 Å². The van der Waals surface area contributed by atoms with Crippen LogP contribution in [-0.2, 0) is 4.79 Å². The fourth-order valence-corrected chi connectivity index (χ4v) is 4.38. The molecule has 2 unspecified atom stereocenters. The van der Waals surface area contributed by atoms with Crippen molar-refractivity contribution in [3.63, 3.8) is 0 Å². The fourth-order valence-electron chi connectivity index (χ4n) is 4.38. The number of likely N-dealkylation sites (N-methyl/N-ethyl adjacent to an activating group) is 1. The SMILES string of the molecule is CCCCCCN1C(=O)C2C(N=C3N(c4cccc(C)c4)CCN32)N(C)C1=O. The van der Waals surface area contributed by atoms with Gasteiger partial charge in [-0.15, -0.1) is 0 Å². The minimum absolute atomic E-state index is 0.102. The highest BCUT2D eigenvalue weighted by atomic mass is 16.2. The number of fused-ring (bicyclic) bond motifs is 3. The first-order chi connectivity index (χ1) is 13.5. The first kappa shape index (κ1) is 18.8. The molecule has 7 heteroatoms. The third-order valence-electron chi connectivity index (χ3n) is 5.93. The van der Waals surface area contributed by atoms with Gasteiger partial charge in [0.05, 0.1) is 0 Å². The number of unbranched alkanes of at least 4 members (excludes halogenated alkanes) is 3. The number of hydrogen-bond donors (Lipinski definition) is 0. The predicted octanol–water partition coefficient (Wildman–Crippen LogP) is 2.66. The third kappa shape index (κ3) is 3.02. The normalized spacial score (nSPS) is 24.0. The molecule has 3 aliphatic rings. The molecule has 0 bridgehead atoms. The predicted molar refractivity (Wildman–Crippen MR) is 109 cm³/mol. The number of nitrogens with zero attached hydrogens (tertiary/aromatic N) is 5. The lowest BCUT2D eigenvalue weighted by Crippen LogP contribution is -2.64. The molecule has 4 rings (SSSR count). The average molecular weight is 383 g/mol. The summed E-state index contributed by atoms with van der Waals surface area (Å²) in [5.74, 6) is 0.705. The molecule has 1 aromatic rings. The molecule has 3 heterocycles. The molecule has 2 atom stereocenters. The van der Waals surface area contributed by atoms with Crippen LogP contribution in [0.1, 0.15) is 38.2 Å². The van der Waals surface area contributed by atoms with Gasteiger partial charge in [0.15, 0.2) is 12.2 Å². The zero-order valence-corrected chi connectivity index (χ0v) is 17.0. The first-order valence-corrected chi connectivity index (χ1v) is 10.3. The standard InChI is InChI=1S/C21H29N5O2/c1-4-5-6-7-11-26-19(27)17-18(23(3)21(26)28)22-20-24(12-13-25(17)20)16-10-8-9-15(2)14-16/h8-10,14,17-18H,4-7,11-13H2,1-3H3. The molecular formula is C21H29N5O2. The molecule has 3 amide bonds. The highest BCUT2D eigenvalue weighted by Gasteiger charge is 2.54. The van der Waals surface area contributed by atoms with E-state index in [-0.39, 0.29) is 11.9 Å². The number of urea groups is 1. The van der Waals surface area contributed by atoms with Gasteiger partial charge in [0, 0.05) is 32.4 Å². The van der Waals surface area contributed by atoms with Gasteiger partial charge >= 0.3 is 6.03 Å². The lowest BCUT2D eigenvalue weighted by atomic mass is 10.1. The zero-order valence-electron chi connectivity index (χ0n) is 17.0. The van der Waals surface area contributed by atoms with Crippen LogP contribution in [-0.4, -0.2) is 71.5 Å². The van der Waals surface area contributed by atoms with Gasteiger partial charge in [-0.05, 0) is 31.0 Å². The lowest BCUT2D eigenvalue weighted by molar-refractivity contribution is -0.137. The van der Waals surface area contributed by atoms with Gasteiger partial charge in [-0.1, -0.05) is 38.3 Å². The largest absolute Gasteiger partial charge is 0.328 e. The van der Waals surface area contributed by atoms with Gasteiger partial charge in [0.1, 0.15) is 0 Å². The Morgan fingerprint density at radius 2 is 1.96 bits per heavy atom. The lowest BCUT2D eigenvalue weighted by Gasteiger charge is -2.40. The number of hydrogen-bond acceptors (Lipinski definition) is 5. The summed E-state index contributed by atoms with van der Waals surface area (Å²) in [6.07, 6.45) is 3.72. The molecule has 0 N–H and O–H groups in total. The third-order valence-corrected chi connectivity index (χ3v) is 5.93. The Morgan fingerprint density at radius 1 is 1.14 bits per heavy atom. The summed E-state index contributed by atoms with van der Waals surface area (Å²) in [5.41, 5.74) is 2.27. The van der Waals surface area contributed by atoms with Crippen molar-refractivity contribution >= 4 is 23.6 Å². The smallest absolute Gasteiger partial charge is 0.325 e. The summed E-state index contributed by atoms with van der Waals surface area (Å²) in [5, 5.41) is 0. The van der Waals surface area contributed by atoms with Crippen LogP contribution >= 0.6 is 0 Å². The van der Waals surface area contributed by atoms with E-state index in [0.29, 0.717) is 6.54 Å². The maximum absolute atomic E-state index is 13.2. The van der Waals surface area contributed by atoms with E-state index in [9.17, 15) is 9.59 Å². The Bertz CT molecular complexity index is 808. The molecule has 3 aliphatic heterocycles. The van der Waals surface area contributed by atoms with Crippen molar-refractivity contribution in [3.05, 3.63) is 29.8 Å². The highest BCUT2D eigenvalue weighted by molar-refractivity contribution is 6.08. The molecule has 0 saturated carbocycles. The Hall–Kier alpha value is -2.57. The number of aliphatic imine (C=N–C) groups is 1. The van der Waals surface area contributed by atoms with Gasteiger partial charge in [0.2, 0.25) is 5.96 Å². The molecular weight excluding hydrogens is 354 g/mol. The Labute approximate surface area is 166 Å². The van der Waals surface area contributed by atoms with Crippen LogP contribution in [0.5, 0.6) is 0 Å². The minimum atomic E-state index is -0.436. The molecule has 0 radical (unpaired) electrons. The Balaban J connectivity index is 1.55. The van der Waals surface area contributed by atoms with E-state index >= 15 is 0 Å².